The summed E-state index contributed by atoms with van der Waals surface area (Å²) in [4.78, 5) is 23.6. The first kappa shape index (κ1) is 22.5. The van der Waals surface area contributed by atoms with Gasteiger partial charge in [-0.25, -0.2) is 9.07 Å². The van der Waals surface area contributed by atoms with Gasteiger partial charge in [-0.2, -0.15) is 5.10 Å². The molecule has 3 aromatic carbocycles. The molecule has 0 spiro atoms. The average molecular weight is 462 g/mol. The number of nitrogens with zero attached hydrogens (tertiary/aromatic N) is 3. The third-order valence-electron chi connectivity index (χ3n) is 5.05. The van der Waals surface area contributed by atoms with Crippen LogP contribution < -0.4 is 14.8 Å². The van der Waals surface area contributed by atoms with Crippen molar-refractivity contribution in [1.82, 2.24) is 9.78 Å². The Balaban J connectivity index is 1.82. The maximum atomic E-state index is 14.1. The van der Waals surface area contributed by atoms with Gasteiger partial charge < -0.3 is 14.8 Å². The summed E-state index contributed by atoms with van der Waals surface area (Å²) in [6.45, 7) is 0. The molecule has 0 bridgehead atoms. The Kier molecular flexibility index (Phi) is 6.22. The molecule has 4 rings (SSSR count). The second-order valence-corrected chi connectivity index (χ2v) is 7.10. The summed E-state index contributed by atoms with van der Waals surface area (Å²) in [6.07, 6.45) is 0. The number of hydrogen-bond donors (Lipinski definition) is 1. The SMILES string of the molecule is COc1ccc(-c2cc(C(=O)Nc3ccccc3F)n(-c3ccc([N+](=O)[O-])cc3)n2)c(OC)c1. The molecule has 0 saturated heterocycles. The van der Waals surface area contributed by atoms with E-state index in [2.05, 4.69) is 10.4 Å². The van der Waals surface area contributed by atoms with Crippen molar-refractivity contribution in [1.29, 1.82) is 0 Å². The molecule has 10 heteroatoms. The molecule has 4 aromatic rings. The molecule has 9 nitrogen and oxygen atoms in total. The molecule has 0 unspecified atom stereocenters. The van der Waals surface area contributed by atoms with Gasteiger partial charge in [-0.05, 0) is 42.5 Å². The first-order valence-corrected chi connectivity index (χ1v) is 10.0. The van der Waals surface area contributed by atoms with Crippen molar-refractivity contribution < 1.29 is 23.6 Å². The fourth-order valence-electron chi connectivity index (χ4n) is 3.35. The first-order chi connectivity index (χ1) is 16.4. The molecule has 0 saturated carbocycles. The minimum absolute atomic E-state index is 0.00697. The fraction of sp³-hybridized carbons (Fsp3) is 0.0833. The van der Waals surface area contributed by atoms with Crippen LogP contribution in [0.5, 0.6) is 11.5 Å². The molecule has 34 heavy (non-hydrogen) atoms. The van der Waals surface area contributed by atoms with E-state index in [-0.39, 0.29) is 17.1 Å². The molecule has 1 aromatic heterocycles. The maximum Gasteiger partial charge on any atom is 0.274 e. The van der Waals surface area contributed by atoms with E-state index in [1.807, 2.05) is 0 Å². The molecule has 0 atom stereocenters. The summed E-state index contributed by atoms with van der Waals surface area (Å²) in [5.74, 6) is -0.161. The zero-order chi connectivity index (χ0) is 24.2. The number of nitrogens with one attached hydrogen (secondary N) is 1. The van der Waals surface area contributed by atoms with E-state index >= 15 is 0 Å². The van der Waals surface area contributed by atoms with Gasteiger partial charge in [0.15, 0.2) is 0 Å². The number of hydrogen-bond acceptors (Lipinski definition) is 6. The first-order valence-electron chi connectivity index (χ1n) is 10.0. The highest BCUT2D eigenvalue weighted by atomic mass is 19.1. The average Bonchev–Trinajstić information content (AvgIpc) is 3.30. The largest absolute Gasteiger partial charge is 0.497 e. The number of ether oxygens (including phenoxy) is 2. The molecule has 0 radical (unpaired) electrons. The van der Waals surface area contributed by atoms with Crippen LogP contribution in [-0.4, -0.2) is 34.8 Å². The monoisotopic (exact) mass is 462 g/mol. The summed E-state index contributed by atoms with van der Waals surface area (Å²) in [5.41, 5.74) is 1.38. The van der Waals surface area contributed by atoms with Crippen molar-refractivity contribution in [3.8, 4) is 28.4 Å². The minimum Gasteiger partial charge on any atom is -0.497 e. The smallest absolute Gasteiger partial charge is 0.274 e. The van der Waals surface area contributed by atoms with Crippen LogP contribution in [0.4, 0.5) is 15.8 Å². The maximum absolute atomic E-state index is 14.1. The van der Waals surface area contributed by atoms with E-state index in [9.17, 15) is 19.3 Å². The van der Waals surface area contributed by atoms with Gasteiger partial charge in [-0.3, -0.25) is 14.9 Å². The molecular formula is C24H19FN4O5. The fourth-order valence-corrected chi connectivity index (χ4v) is 3.35. The van der Waals surface area contributed by atoms with Crippen LogP contribution >= 0.6 is 0 Å². The standard InChI is InChI=1S/C24H19FN4O5/c1-33-17-11-12-18(23(13-17)34-2)21-14-22(24(30)26-20-6-4-3-5-19(20)25)28(27-21)15-7-9-16(10-8-15)29(31)32/h3-14H,1-2H3,(H,26,30). The zero-order valence-corrected chi connectivity index (χ0v) is 18.2. The molecule has 0 aliphatic carbocycles. The van der Waals surface area contributed by atoms with Crippen LogP contribution in [0.15, 0.2) is 72.8 Å². The van der Waals surface area contributed by atoms with Crippen LogP contribution in [0.1, 0.15) is 10.5 Å². The quantitative estimate of drug-likeness (QED) is 0.311. The summed E-state index contributed by atoms with van der Waals surface area (Å²) in [6, 6.07) is 18.0. The van der Waals surface area contributed by atoms with E-state index in [0.717, 1.165) is 0 Å². The Morgan fingerprint density at radius 2 is 1.76 bits per heavy atom. The molecule has 0 fully saturated rings. The number of rotatable bonds is 7. The van der Waals surface area contributed by atoms with Gasteiger partial charge in [0.2, 0.25) is 0 Å². The van der Waals surface area contributed by atoms with E-state index < -0.39 is 16.6 Å². The van der Waals surface area contributed by atoms with Gasteiger partial charge in [-0.1, -0.05) is 12.1 Å². The van der Waals surface area contributed by atoms with Crippen LogP contribution in [0, 0.1) is 15.9 Å². The van der Waals surface area contributed by atoms with Crippen molar-refractivity contribution in [2.45, 2.75) is 0 Å². The summed E-state index contributed by atoms with van der Waals surface area (Å²) in [5, 5.41) is 18.1. The van der Waals surface area contributed by atoms with Crippen LogP contribution in [0.25, 0.3) is 16.9 Å². The lowest BCUT2D eigenvalue weighted by Crippen LogP contribution is -2.17. The van der Waals surface area contributed by atoms with E-state index in [4.69, 9.17) is 9.47 Å². The van der Waals surface area contributed by atoms with Gasteiger partial charge in [-0.15, -0.1) is 0 Å². The van der Waals surface area contributed by atoms with Crippen LogP contribution in [-0.2, 0) is 0 Å². The summed E-state index contributed by atoms with van der Waals surface area (Å²) in [7, 11) is 3.03. The third kappa shape index (κ3) is 4.42. The van der Waals surface area contributed by atoms with Gasteiger partial charge in [0.1, 0.15) is 23.0 Å². The Bertz CT molecular complexity index is 1370. The lowest BCUT2D eigenvalue weighted by Gasteiger charge is -2.09. The van der Waals surface area contributed by atoms with Crippen molar-refractivity contribution in [3.63, 3.8) is 0 Å². The van der Waals surface area contributed by atoms with E-state index in [1.54, 1.807) is 24.3 Å². The number of amides is 1. The lowest BCUT2D eigenvalue weighted by molar-refractivity contribution is -0.384. The summed E-state index contributed by atoms with van der Waals surface area (Å²) < 4.78 is 26.1. The zero-order valence-electron chi connectivity index (χ0n) is 18.2. The number of para-hydroxylation sites is 1. The predicted molar refractivity (Wildman–Crippen MR) is 123 cm³/mol. The number of anilines is 1. The van der Waals surface area contributed by atoms with Gasteiger partial charge >= 0.3 is 0 Å². The highest BCUT2D eigenvalue weighted by molar-refractivity contribution is 6.04. The van der Waals surface area contributed by atoms with E-state index in [1.165, 1.54) is 67.4 Å². The topological polar surface area (TPSA) is 109 Å². The van der Waals surface area contributed by atoms with Crippen LogP contribution in [0.3, 0.4) is 0 Å². The highest BCUT2D eigenvalue weighted by Crippen LogP contribution is 2.34. The molecule has 1 heterocycles. The number of nitro benzene ring substituents is 1. The number of carbonyl (C=O) groups is 1. The van der Waals surface area contributed by atoms with Crippen LogP contribution in [0.2, 0.25) is 0 Å². The number of non-ortho nitro benzene ring substituents is 1. The lowest BCUT2D eigenvalue weighted by atomic mass is 10.1. The summed E-state index contributed by atoms with van der Waals surface area (Å²) >= 11 is 0. The normalized spacial score (nSPS) is 10.6. The minimum atomic E-state index is -0.616. The van der Waals surface area contributed by atoms with Crippen molar-refractivity contribution >= 4 is 17.3 Å². The molecule has 0 aliphatic heterocycles. The molecule has 0 aliphatic rings. The molecule has 1 amide bonds. The molecule has 172 valence electrons. The number of aromatic nitrogens is 2. The van der Waals surface area contributed by atoms with Crippen molar-refractivity contribution in [2.24, 2.45) is 0 Å². The number of nitro groups is 1. The second kappa shape index (κ2) is 9.41. The van der Waals surface area contributed by atoms with Crippen molar-refractivity contribution in [3.05, 3.63) is 94.4 Å². The Morgan fingerprint density at radius 1 is 1.03 bits per heavy atom. The van der Waals surface area contributed by atoms with Crippen molar-refractivity contribution in [2.75, 3.05) is 19.5 Å². The number of halogens is 1. The third-order valence-corrected chi connectivity index (χ3v) is 5.05. The number of methoxy groups -OCH3 is 2. The Labute approximate surface area is 193 Å². The van der Waals surface area contributed by atoms with Gasteiger partial charge in [0.05, 0.1) is 36.2 Å². The Hall–Kier alpha value is -4.73. The molecular weight excluding hydrogens is 443 g/mol. The molecule has 1 N–H and O–H groups in total. The Morgan fingerprint density at radius 3 is 2.41 bits per heavy atom. The van der Waals surface area contributed by atoms with E-state index in [0.29, 0.717) is 28.4 Å². The van der Waals surface area contributed by atoms with Gasteiger partial charge in [0.25, 0.3) is 11.6 Å². The highest BCUT2D eigenvalue weighted by Gasteiger charge is 2.21. The second-order valence-electron chi connectivity index (χ2n) is 7.10. The number of carbonyl (C=O) groups excluding carboxylic acids is 1. The predicted octanol–water partition coefficient (Wildman–Crippen LogP) is 4.86. The van der Waals surface area contributed by atoms with Gasteiger partial charge in [0, 0.05) is 23.8 Å². The number of benzene rings is 3.